The molecule has 0 aliphatic carbocycles. The van der Waals surface area contributed by atoms with Crippen LogP contribution in [0.15, 0.2) is 72.8 Å². The van der Waals surface area contributed by atoms with Gasteiger partial charge >= 0.3 is 0 Å². The Kier molecular flexibility index (Phi) is 10.4. The van der Waals surface area contributed by atoms with Gasteiger partial charge in [0.2, 0.25) is 0 Å². The van der Waals surface area contributed by atoms with E-state index in [0.29, 0.717) is 18.1 Å². The van der Waals surface area contributed by atoms with Crippen LogP contribution in [0.25, 0.3) is 22.3 Å². The predicted octanol–water partition coefficient (Wildman–Crippen LogP) is 5.92. The SMILES string of the molecule is C/C=C/COc1cc(-c2ccc(OCOC)cc2)c(OCOC)cc1-c1ccc(OCOC)cc1. The molecule has 0 aromatic heterocycles. The fourth-order valence-electron chi connectivity index (χ4n) is 3.32. The molecule has 0 atom stereocenters. The summed E-state index contributed by atoms with van der Waals surface area (Å²) in [6, 6.07) is 19.4. The van der Waals surface area contributed by atoms with Gasteiger partial charge in [0.1, 0.15) is 29.6 Å². The lowest BCUT2D eigenvalue weighted by atomic mass is 9.97. The molecule has 0 bridgehead atoms. The van der Waals surface area contributed by atoms with Crippen LogP contribution in [-0.4, -0.2) is 48.3 Å². The molecule has 0 spiro atoms. The van der Waals surface area contributed by atoms with Gasteiger partial charge in [-0.1, -0.05) is 36.4 Å². The Morgan fingerprint density at radius 3 is 1.43 bits per heavy atom. The lowest BCUT2D eigenvalue weighted by molar-refractivity contribution is 0.0509. The van der Waals surface area contributed by atoms with Crippen molar-refractivity contribution < 1.29 is 33.2 Å². The molecule has 3 aromatic carbocycles. The number of allylic oxidation sites excluding steroid dienone is 1. The van der Waals surface area contributed by atoms with Crippen molar-refractivity contribution >= 4 is 0 Å². The summed E-state index contributed by atoms with van der Waals surface area (Å²) in [4.78, 5) is 0. The van der Waals surface area contributed by atoms with Crippen molar-refractivity contribution in [2.24, 2.45) is 0 Å². The van der Waals surface area contributed by atoms with Crippen LogP contribution in [0.3, 0.4) is 0 Å². The van der Waals surface area contributed by atoms with E-state index in [-0.39, 0.29) is 20.4 Å². The van der Waals surface area contributed by atoms with Crippen LogP contribution in [0.1, 0.15) is 6.92 Å². The molecule has 7 heteroatoms. The van der Waals surface area contributed by atoms with Crippen LogP contribution in [0, 0.1) is 0 Å². The number of hydrogen-bond donors (Lipinski definition) is 0. The second kappa shape index (κ2) is 14.0. The molecule has 0 unspecified atom stereocenters. The van der Waals surface area contributed by atoms with E-state index in [1.807, 2.05) is 79.7 Å². The summed E-state index contributed by atoms with van der Waals surface area (Å²) in [5.74, 6) is 2.83. The number of rotatable bonds is 14. The highest BCUT2D eigenvalue weighted by Crippen LogP contribution is 2.42. The van der Waals surface area contributed by atoms with Gasteiger partial charge in [-0.2, -0.15) is 0 Å². The van der Waals surface area contributed by atoms with E-state index in [9.17, 15) is 0 Å². The van der Waals surface area contributed by atoms with E-state index in [2.05, 4.69) is 0 Å². The van der Waals surface area contributed by atoms with Gasteiger partial charge in [0.25, 0.3) is 0 Å². The van der Waals surface area contributed by atoms with Gasteiger partial charge < -0.3 is 33.2 Å². The summed E-state index contributed by atoms with van der Waals surface area (Å²) < 4.78 is 38.3. The summed E-state index contributed by atoms with van der Waals surface area (Å²) in [7, 11) is 4.77. The summed E-state index contributed by atoms with van der Waals surface area (Å²) in [5, 5.41) is 0. The first kappa shape index (κ1) is 26.1. The molecule has 3 aromatic rings. The van der Waals surface area contributed by atoms with Gasteiger partial charge in [0.05, 0.1) is 0 Å². The van der Waals surface area contributed by atoms with Crippen LogP contribution < -0.4 is 18.9 Å². The molecule has 0 N–H and O–H groups in total. The molecule has 3 rings (SSSR count). The summed E-state index contributed by atoms with van der Waals surface area (Å²) in [5.41, 5.74) is 3.68. The zero-order valence-corrected chi connectivity index (χ0v) is 20.6. The second-order valence-electron chi connectivity index (χ2n) is 7.43. The monoisotopic (exact) mass is 480 g/mol. The van der Waals surface area contributed by atoms with Crippen LogP contribution in [0.5, 0.6) is 23.0 Å². The van der Waals surface area contributed by atoms with Crippen molar-refractivity contribution in [3.8, 4) is 45.3 Å². The average molecular weight is 481 g/mol. The van der Waals surface area contributed by atoms with Crippen molar-refractivity contribution in [1.82, 2.24) is 0 Å². The highest BCUT2D eigenvalue weighted by molar-refractivity contribution is 5.81. The van der Waals surface area contributed by atoms with Crippen molar-refractivity contribution in [2.75, 3.05) is 48.3 Å². The number of hydrogen-bond acceptors (Lipinski definition) is 7. The molecule has 0 aliphatic rings. The quantitative estimate of drug-likeness (QED) is 0.209. The highest BCUT2D eigenvalue weighted by Gasteiger charge is 2.16. The Morgan fingerprint density at radius 1 is 0.571 bits per heavy atom. The van der Waals surface area contributed by atoms with Crippen LogP contribution in [-0.2, 0) is 14.2 Å². The van der Waals surface area contributed by atoms with E-state index in [4.69, 9.17) is 33.2 Å². The molecule has 0 heterocycles. The fourth-order valence-corrected chi connectivity index (χ4v) is 3.32. The maximum absolute atomic E-state index is 6.16. The minimum atomic E-state index is 0.115. The summed E-state index contributed by atoms with van der Waals surface area (Å²) in [6.45, 7) is 2.90. The first-order valence-corrected chi connectivity index (χ1v) is 11.2. The average Bonchev–Trinajstić information content (AvgIpc) is 2.90. The summed E-state index contributed by atoms with van der Waals surface area (Å²) in [6.07, 6.45) is 3.92. The molecular weight excluding hydrogens is 448 g/mol. The first-order valence-electron chi connectivity index (χ1n) is 11.2. The van der Waals surface area contributed by atoms with Gasteiger partial charge in [-0.25, -0.2) is 0 Å². The maximum Gasteiger partial charge on any atom is 0.188 e. The molecule has 0 saturated heterocycles. The molecule has 35 heavy (non-hydrogen) atoms. The minimum absolute atomic E-state index is 0.115. The van der Waals surface area contributed by atoms with Crippen LogP contribution in [0.2, 0.25) is 0 Å². The second-order valence-corrected chi connectivity index (χ2v) is 7.43. The molecule has 186 valence electrons. The number of ether oxygens (including phenoxy) is 7. The van der Waals surface area contributed by atoms with E-state index >= 15 is 0 Å². The van der Waals surface area contributed by atoms with Gasteiger partial charge in [-0.15, -0.1) is 0 Å². The highest BCUT2D eigenvalue weighted by atomic mass is 16.7. The third-order valence-corrected chi connectivity index (χ3v) is 5.00. The van der Waals surface area contributed by atoms with Crippen LogP contribution in [0.4, 0.5) is 0 Å². The van der Waals surface area contributed by atoms with Gasteiger partial charge in [-0.3, -0.25) is 0 Å². The van der Waals surface area contributed by atoms with Crippen molar-refractivity contribution in [3.05, 3.63) is 72.8 Å². The van der Waals surface area contributed by atoms with E-state index < -0.39 is 0 Å². The zero-order valence-electron chi connectivity index (χ0n) is 20.6. The lowest BCUT2D eigenvalue weighted by Gasteiger charge is -2.18. The predicted molar refractivity (Wildman–Crippen MR) is 135 cm³/mol. The third-order valence-electron chi connectivity index (χ3n) is 5.00. The first-order chi connectivity index (χ1) is 17.2. The molecule has 0 aliphatic heterocycles. The third kappa shape index (κ3) is 7.48. The lowest BCUT2D eigenvalue weighted by Crippen LogP contribution is -2.03. The number of methoxy groups -OCH3 is 3. The van der Waals surface area contributed by atoms with Gasteiger partial charge in [0.15, 0.2) is 20.4 Å². The summed E-state index contributed by atoms with van der Waals surface area (Å²) >= 11 is 0. The van der Waals surface area contributed by atoms with E-state index in [1.54, 1.807) is 21.3 Å². The molecular formula is C28H32O7. The normalized spacial score (nSPS) is 11.0. The largest absolute Gasteiger partial charge is 0.489 e. The standard InChI is InChI=1S/C28H32O7/c1-5-6-15-32-27-16-26(22-9-13-24(14-10-22)34-19-30-3)28(35-20-31-4)17-25(27)21-7-11-23(12-8-21)33-18-29-2/h5-14,16-17H,15,18-20H2,1-4H3/b6-5+. The van der Waals surface area contributed by atoms with Crippen molar-refractivity contribution in [3.63, 3.8) is 0 Å². The number of benzene rings is 3. The minimum Gasteiger partial charge on any atom is -0.489 e. The smallest absolute Gasteiger partial charge is 0.188 e. The molecule has 0 saturated carbocycles. The van der Waals surface area contributed by atoms with E-state index in [0.717, 1.165) is 33.8 Å². The molecule has 0 radical (unpaired) electrons. The molecule has 0 amide bonds. The molecule has 7 nitrogen and oxygen atoms in total. The topological polar surface area (TPSA) is 64.6 Å². The maximum atomic E-state index is 6.16. The molecule has 0 fully saturated rings. The zero-order chi connectivity index (χ0) is 24.9. The Labute approximate surface area is 206 Å². The van der Waals surface area contributed by atoms with Gasteiger partial charge in [0, 0.05) is 32.5 Å². The Bertz CT molecular complexity index is 1060. The van der Waals surface area contributed by atoms with Crippen LogP contribution >= 0.6 is 0 Å². The Morgan fingerprint density at radius 2 is 1.00 bits per heavy atom. The Hall–Kier alpha value is -3.52. The van der Waals surface area contributed by atoms with Crippen molar-refractivity contribution in [1.29, 1.82) is 0 Å². The Balaban J connectivity index is 2.03. The van der Waals surface area contributed by atoms with Gasteiger partial charge in [-0.05, 0) is 54.4 Å². The fraction of sp³-hybridized carbons (Fsp3) is 0.286. The van der Waals surface area contributed by atoms with E-state index in [1.165, 1.54) is 0 Å². The van der Waals surface area contributed by atoms with Crippen molar-refractivity contribution in [2.45, 2.75) is 6.92 Å².